The van der Waals surface area contributed by atoms with Crippen LogP contribution in [0.4, 0.5) is 0 Å². The Morgan fingerprint density at radius 1 is 1.69 bits per heavy atom. The molecule has 4 nitrogen and oxygen atoms in total. The van der Waals surface area contributed by atoms with Crippen LogP contribution in [0.3, 0.4) is 0 Å². The predicted octanol–water partition coefficient (Wildman–Crippen LogP) is 0.572. The number of morpholine rings is 1. The summed E-state index contributed by atoms with van der Waals surface area (Å²) >= 11 is 0. The zero-order valence-corrected chi connectivity index (χ0v) is 8.03. The van der Waals surface area contributed by atoms with Crippen LogP contribution in [0.2, 0.25) is 0 Å². The Bertz CT molecular complexity index is 170. The van der Waals surface area contributed by atoms with Gasteiger partial charge >= 0.3 is 5.97 Å². The molecular formula is C9H17NO3. The number of carboxylic acid groups (broad SMARTS) is 1. The minimum atomic E-state index is -0.753. The van der Waals surface area contributed by atoms with E-state index in [1.54, 1.807) is 0 Å². The summed E-state index contributed by atoms with van der Waals surface area (Å²) in [5.74, 6) is -0.753. The Labute approximate surface area is 78.5 Å². The van der Waals surface area contributed by atoms with E-state index in [2.05, 4.69) is 6.92 Å². The lowest BCUT2D eigenvalue weighted by Gasteiger charge is -2.31. The third-order valence-corrected chi connectivity index (χ3v) is 2.19. The highest BCUT2D eigenvalue weighted by atomic mass is 16.5. The van der Waals surface area contributed by atoms with Gasteiger partial charge in [-0.3, -0.25) is 9.69 Å². The third kappa shape index (κ3) is 3.74. The van der Waals surface area contributed by atoms with Crippen molar-refractivity contribution in [2.75, 3.05) is 26.2 Å². The van der Waals surface area contributed by atoms with E-state index in [9.17, 15) is 4.79 Å². The zero-order chi connectivity index (χ0) is 9.68. The number of hydrogen-bond acceptors (Lipinski definition) is 3. The van der Waals surface area contributed by atoms with Gasteiger partial charge in [0, 0.05) is 13.1 Å². The second-order valence-corrected chi connectivity index (χ2v) is 3.41. The molecule has 0 aromatic carbocycles. The number of ether oxygens (including phenoxy) is 1. The second kappa shape index (κ2) is 5.19. The Balaban J connectivity index is 2.28. The SMILES string of the molecule is CCCC1CN(CC(=O)O)CCO1. The lowest BCUT2D eigenvalue weighted by Crippen LogP contribution is -2.44. The van der Waals surface area contributed by atoms with Crippen molar-refractivity contribution in [2.45, 2.75) is 25.9 Å². The highest BCUT2D eigenvalue weighted by molar-refractivity contribution is 5.69. The van der Waals surface area contributed by atoms with E-state index in [1.807, 2.05) is 4.90 Å². The Hall–Kier alpha value is -0.610. The van der Waals surface area contributed by atoms with E-state index < -0.39 is 5.97 Å². The quantitative estimate of drug-likeness (QED) is 0.699. The molecule has 1 aliphatic heterocycles. The van der Waals surface area contributed by atoms with E-state index in [1.165, 1.54) is 0 Å². The fourth-order valence-corrected chi connectivity index (χ4v) is 1.61. The topological polar surface area (TPSA) is 49.8 Å². The van der Waals surface area contributed by atoms with Gasteiger partial charge in [-0.1, -0.05) is 13.3 Å². The summed E-state index contributed by atoms with van der Waals surface area (Å²) in [5.41, 5.74) is 0. The normalized spacial score (nSPS) is 24.5. The number of hydrogen-bond donors (Lipinski definition) is 1. The van der Waals surface area contributed by atoms with E-state index in [4.69, 9.17) is 9.84 Å². The molecule has 13 heavy (non-hydrogen) atoms. The van der Waals surface area contributed by atoms with Crippen LogP contribution >= 0.6 is 0 Å². The molecule has 0 aromatic heterocycles. The average Bonchev–Trinajstić information content (AvgIpc) is 2.04. The molecule has 1 heterocycles. The summed E-state index contributed by atoms with van der Waals surface area (Å²) in [5, 5.41) is 8.60. The monoisotopic (exact) mass is 187 g/mol. The minimum absolute atomic E-state index is 0.142. The summed E-state index contributed by atoms with van der Waals surface area (Å²) in [4.78, 5) is 12.4. The molecule has 0 aliphatic carbocycles. The first kappa shape index (κ1) is 10.5. The van der Waals surface area contributed by atoms with Crippen LogP contribution in [0.25, 0.3) is 0 Å². The predicted molar refractivity (Wildman–Crippen MR) is 48.7 cm³/mol. The maximum absolute atomic E-state index is 10.4. The van der Waals surface area contributed by atoms with E-state index in [0.29, 0.717) is 6.61 Å². The Morgan fingerprint density at radius 3 is 3.08 bits per heavy atom. The van der Waals surface area contributed by atoms with Crippen molar-refractivity contribution in [2.24, 2.45) is 0 Å². The van der Waals surface area contributed by atoms with Gasteiger partial charge in [-0.2, -0.15) is 0 Å². The van der Waals surface area contributed by atoms with Crippen molar-refractivity contribution in [3.63, 3.8) is 0 Å². The van der Waals surface area contributed by atoms with Crippen molar-refractivity contribution in [3.05, 3.63) is 0 Å². The molecule has 1 unspecified atom stereocenters. The van der Waals surface area contributed by atoms with E-state index in [-0.39, 0.29) is 12.6 Å². The lowest BCUT2D eigenvalue weighted by atomic mass is 10.2. The molecule has 0 amide bonds. The van der Waals surface area contributed by atoms with Gasteiger partial charge < -0.3 is 9.84 Å². The summed E-state index contributed by atoms with van der Waals surface area (Å²) in [6.07, 6.45) is 2.35. The third-order valence-electron chi connectivity index (χ3n) is 2.19. The second-order valence-electron chi connectivity index (χ2n) is 3.41. The highest BCUT2D eigenvalue weighted by Crippen LogP contribution is 2.09. The summed E-state index contributed by atoms with van der Waals surface area (Å²) in [6, 6.07) is 0. The van der Waals surface area contributed by atoms with E-state index in [0.717, 1.165) is 25.9 Å². The van der Waals surface area contributed by atoms with Crippen molar-refractivity contribution in [1.82, 2.24) is 4.90 Å². The Morgan fingerprint density at radius 2 is 2.46 bits per heavy atom. The van der Waals surface area contributed by atoms with Crippen LogP contribution < -0.4 is 0 Å². The highest BCUT2D eigenvalue weighted by Gasteiger charge is 2.20. The van der Waals surface area contributed by atoms with Crippen LogP contribution in [-0.4, -0.2) is 48.3 Å². The maximum atomic E-state index is 10.4. The van der Waals surface area contributed by atoms with Crippen LogP contribution in [0.15, 0.2) is 0 Å². The maximum Gasteiger partial charge on any atom is 0.317 e. The van der Waals surface area contributed by atoms with Gasteiger partial charge in [0.15, 0.2) is 0 Å². The van der Waals surface area contributed by atoms with Gasteiger partial charge in [-0.05, 0) is 6.42 Å². The molecule has 1 aliphatic rings. The van der Waals surface area contributed by atoms with E-state index >= 15 is 0 Å². The molecule has 0 saturated carbocycles. The van der Waals surface area contributed by atoms with Gasteiger partial charge in [-0.15, -0.1) is 0 Å². The fraction of sp³-hybridized carbons (Fsp3) is 0.889. The smallest absolute Gasteiger partial charge is 0.317 e. The number of rotatable bonds is 4. The molecule has 4 heteroatoms. The largest absolute Gasteiger partial charge is 0.480 e. The summed E-state index contributed by atoms with van der Waals surface area (Å²) in [7, 11) is 0. The van der Waals surface area contributed by atoms with Crippen LogP contribution in [0.5, 0.6) is 0 Å². The first-order valence-electron chi connectivity index (χ1n) is 4.78. The van der Waals surface area contributed by atoms with Crippen molar-refractivity contribution in [1.29, 1.82) is 0 Å². The molecule has 0 spiro atoms. The minimum Gasteiger partial charge on any atom is -0.480 e. The molecule has 1 saturated heterocycles. The Kier molecular flexibility index (Phi) is 4.18. The van der Waals surface area contributed by atoms with Crippen molar-refractivity contribution in [3.8, 4) is 0 Å². The first-order valence-corrected chi connectivity index (χ1v) is 4.78. The number of carboxylic acids is 1. The van der Waals surface area contributed by atoms with Crippen LogP contribution in [-0.2, 0) is 9.53 Å². The molecule has 0 radical (unpaired) electrons. The standard InChI is InChI=1S/C9H17NO3/c1-2-3-8-6-10(4-5-13-8)7-9(11)12/h8H,2-7H2,1H3,(H,11,12). The molecule has 0 bridgehead atoms. The molecule has 0 aromatic rings. The van der Waals surface area contributed by atoms with Gasteiger partial charge in [0.1, 0.15) is 0 Å². The molecule has 1 fully saturated rings. The summed E-state index contributed by atoms with van der Waals surface area (Å²) in [6.45, 7) is 4.42. The molecular weight excluding hydrogens is 170 g/mol. The van der Waals surface area contributed by atoms with Crippen LogP contribution in [0.1, 0.15) is 19.8 Å². The number of nitrogens with zero attached hydrogens (tertiary/aromatic N) is 1. The number of aliphatic carboxylic acids is 1. The van der Waals surface area contributed by atoms with Crippen LogP contribution in [0, 0.1) is 0 Å². The molecule has 1 rings (SSSR count). The first-order chi connectivity index (χ1) is 6.22. The van der Waals surface area contributed by atoms with Gasteiger partial charge in [0.05, 0.1) is 19.3 Å². The average molecular weight is 187 g/mol. The molecule has 1 atom stereocenters. The summed E-state index contributed by atoms with van der Waals surface area (Å²) < 4.78 is 5.50. The molecule has 76 valence electrons. The van der Waals surface area contributed by atoms with Crippen molar-refractivity contribution < 1.29 is 14.6 Å². The lowest BCUT2D eigenvalue weighted by molar-refractivity contribution is -0.140. The van der Waals surface area contributed by atoms with Gasteiger partial charge in [0.2, 0.25) is 0 Å². The zero-order valence-electron chi connectivity index (χ0n) is 8.03. The number of carbonyl (C=O) groups is 1. The van der Waals surface area contributed by atoms with Gasteiger partial charge in [-0.25, -0.2) is 0 Å². The van der Waals surface area contributed by atoms with Crippen molar-refractivity contribution >= 4 is 5.97 Å². The van der Waals surface area contributed by atoms with Gasteiger partial charge in [0.25, 0.3) is 0 Å². The molecule has 1 N–H and O–H groups in total. The fourth-order valence-electron chi connectivity index (χ4n) is 1.61.